The van der Waals surface area contributed by atoms with Gasteiger partial charge in [-0.15, -0.1) is 0 Å². The molecule has 3 nitrogen and oxygen atoms in total. The first-order chi connectivity index (χ1) is 6.75. The zero-order chi connectivity index (χ0) is 9.97. The lowest BCUT2D eigenvalue weighted by molar-refractivity contribution is 0.706. The van der Waals surface area contributed by atoms with Crippen LogP contribution in [0.1, 0.15) is 36.5 Å². The van der Waals surface area contributed by atoms with Gasteiger partial charge in [0.1, 0.15) is 5.82 Å². The first kappa shape index (κ1) is 10.1. The number of thioether (sulfide) groups is 1. The minimum Gasteiger partial charge on any atom is -0.345 e. The summed E-state index contributed by atoms with van der Waals surface area (Å²) in [4.78, 5) is 7.73. The number of rotatable bonds is 3. The van der Waals surface area contributed by atoms with Crippen LogP contribution in [0.5, 0.6) is 0 Å². The van der Waals surface area contributed by atoms with Crippen molar-refractivity contribution in [2.45, 2.75) is 37.5 Å². The first-order valence-electron chi connectivity index (χ1n) is 5.16. The Balaban J connectivity index is 2.01. The monoisotopic (exact) mass is 211 g/mol. The minimum absolute atomic E-state index is 0.185. The zero-order valence-electron chi connectivity index (χ0n) is 8.49. The fourth-order valence-corrected chi connectivity index (χ4v) is 3.02. The van der Waals surface area contributed by atoms with Crippen molar-refractivity contribution in [1.29, 1.82) is 0 Å². The number of nitrogens with zero attached hydrogens (tertiary/aromatic N) is 1. The number of aromatic nitrogens is 2. The number of hydrogen-bond acceptors (Lipinski definition) is 3. The first-order valence-corrected chi connectivity index (χ1v) is 6.21. The molecule has 2 rings (SSSR count). The maximum absolute atomic E-state index is 5.72. The molecule has 0 spiro atoms. The molecule has 14 heavy (non-hydrogen) atoms. The summed E-state index contributed by atoms with van der Waals surface area (Å²) >= 11 is 2.03. The second kappa shape index (κ2) is 4.36. The summed E-state index contributed by atoms with van der Waals surface area (Å²) in [6.45, 7) is 2.01. The van der Waals surface area contributed by atoms with E-state index in [9.17, 15) is 0 Å². The van der Waals surface area contributed by atoms with E-state index in [1.165, 1.54) is 24.3 Å². The van der Waals surface area contributed by atoms with Gasteiger partial charge in [0.05, 0.1) is 0 Å². The van der Waals surface area contributed by atoms with Crippen LogP contribution < -0.4 is 5.73 Å². The molecule has 1 aromatic heterocycles. The number of nitrogens with two attached hydrogens (primary N) is 1. The van der Waals surface area contributed by atoms with Crippen LogP contribution in [0, 0.1) is 0 Å². The highest BCUT2D eigenvalue weighted by Gasteiger charge is 2.19. The maximum atomic E-state index is 5.72. The van der Waals surface area contributed by atoms with Crippen molar-refractivity contribution < 1.29 is 0 Å². The maximum Gasteiger partial charge on any atom is 0.107 e. The highest BCUT2D eigenvalue weighted by Crippen LogP contribution is 2.38. The van der Waals surface area contributed by atoms with Gasteiger partial charge in [-0.05, 0) is 25.5 Å². The Hall–Kier alpha value is -0.480. The van der Waals surface area contributed by atoms with Crippen LogP contribution in [-0.4, -0.2) is 21.8 Å². The van der Waals surface area contributed by atoms with Gasteiger partial charge >= 0.3 is 0 Å². The van der Waals surface area contributed by atoms with E-state index in [0.717, 1.165) is 12.2 Å². The van der Waals surface area contributed by atoms with Crippen molar-refractivity contribution >= 4 is 11.8 Å². The van der Waals surface area contributed by atoms with Crippen LogP contribution in [0.15, 0.2) is 6.20 Å². The van der Waals surface area contributed by atoms with E-state index in [4.69, 9.17) is 5.73 Å². The molecule has 2 atom stereocenters. The molecule has 1 aromatic rings. The lowest BCUT2D eigenvalue weighted by Crippen LogP contribution is -2.18. The predicted molar refractivity (Wildman–Crippen MR) is 60.4 cm³/mol. The smallest absolute Gasteiger partial charge is 0.107 e. The van der Waals surface area contributed by atoms with Crippen LogP contribution in [0.25, 0.3) is 0 Å². The molecule has 2 heterocycles. The normalized spacial score (nSPS) is 24.0. The van der Waals surface area contributed by atoms with Crippen LogP contribution >= 0.6 is 11.8 Å². The fourth-order valence-electron chi connectivity index (χ4n) is 1.77. The number of H-pyrrole nitrogens is 1. The Kier molecular flexibility index (Phi) is 3.13. The van der Waals surface area contributed by atoms with Gasteiger partial charge in [0.15, 0.2) is 0 Å². The lowest BCUT2D eigenvalue weighted by atomic mass is 10.2. The quantitative estimate of drug-likeness (QED) is 0.802. The highest BCUT2D eigenvalue weighted by atomic mass is 32.2. The van der Waals surface area contributed by atoms with Gasteiger partial charge in [-0.2, -0.15) is 11.8 Å². The average Bonchev–Trinajstić information content (AvgIpc) is 2.69. The Bertz CT molecular complexity index is 289. The van der Waals surface area contributed by atoms with Gasteiger partial charge in [-0.3, -0.25) is 0 Å². The summed E-state index contributed by atoms with van der Waals surface area (Å²) in [5, 5.41) is 0.643. The Labute approximate surface area is 88.9 Å². The van der Waals surface area contributed by atoms with E-state index >= 15 is 0 Å². The molecule has 1 aliphatic heterocycles. The molecule has 78 valence electrons. The van der Waals surface area contributed by atoms with E-state index in [0.29, 0.717) is 5.25 Å². The molecule has 0 saturated carbocycles. The second-order valence-corrected chi connectivity index (χ2v) is 5.28. The van der Waals surface area contributed by atoms with E-state index < -0.39 is 0 Å². The van der Waals surface area contributed by atoms with E-state index in [1.54, 1.807) is 0 Å². The topological polar surface area (TPSA) is 54.7 Å². The molecule has 0 aromatic carbocycles. The molecule has 2 unspecified atom stereocenters. The number of aromatic amines is 1. The van der Waals surface area contributed by atoms with Crippen molar-refractivity contribution in [3.8, 4) is 0 Å². The third-order valence-corrected chi connectivity index (χ3v) is 3.86. The third kappa shape index (κ3) is 2.30. The van der Waals surface area contributed by atoms with E-state index in [1.807, 2.05) is 24.9 Å². The Morgan fingerprint density at radius 3 is 3.29 bits per heavy atom. The van der Waals surface area contributed by atoms with Gasteiger partial charge < -0.3 is 10.7 Å². The summed E-state index contributed by atoms with van der Waals surface area (Å²) < 4.78 is 0. The SMILES string of the molecule is CC(N)Cc1ncc(C2CCCS2)[nH]1. The van der Waals surface area contributed by atoms with Crippen LogP contribution in [0.2, 0.25) is 0 Å². The molecule has 0 bridgehead atoms. The van der Waals surface area contributed by atoms with Gasteiger partial charge in [-0.25, -0.2) is 4.98 Å². The van der Waals surface area contributed by atoms with Crippen molar-refractivity contribution in [2.24, 2.45) is 5.73 Å². The molecule has 0 radical (unpaired) electrons. The van der Waals surface area contributed by atoms with Gasteiger partial charge in [-0.1, -0.05) is 0 Å². The van der Waals surface area contributed by atoms with Crippen molar-refractivity contribution in [3.05, 3.63) is 17.7 Å². The summed E-state index contributed by atoms with van der Waals surface area (Å²) in [7, 11) is 0. The number of nitrogens with one attached hydrogen (secondary N) is 1. The van der Waals surface area contributed by atoms with Gasteiger partial charge in [0, 0.05) is 29.6 Å². The third-order valence-electron chi connectivity index (χ3n) is 2.44. The Morgan fingerprint density at radius 2 is 2.64 bits per heavy atom. The lowest BCUT2D eigenvalue weighted by Gasteiger charge is -2.04. The molecule has 1 aliphatic rings. The zero-order valence-corrected chi connectivity index (χ0v) is 9.31. The van der Waals surface area contributed by atoms with Crippen molar-refractivity contribution in [3.63, 3.8) is 0 Å². The van der Waals surface area contributed by atoms with E-state index in [2.05, 4.69) is 9.97 Å². The summed E-state index contributed by atoms with van der Waals surface area (Å²) in [6, 6.07) is 0.185. The summed E-state index contributed by atoms with van der Waals surface area (Å²) in [6.07, 6.45) is 5.43. The minimum atomic E-state index is 0.185. The Morgan fingerprint density at radius 1 is 1.79 bits per heavy atom. The highest BCUT2D eigenvalue weighted by molar-refractivity contribution is 7.99. The van der Waals surface area contributed by atoms with Crippen LogP contribution in [0.3, 0.4) is 0 Å². The standard InChI is InChI=1S/C10H17N3S/c1-7(11)5-10-12-6-8(13-10)9-3-2-4-14-9/h6-7,9H,2-5,11H2,1H3,(H,12,13). The van der Waals surface area contributed by atoms with Crippen molar-refractivity contribution in [2.75, 3.05) is 5.75 Å². The number of hydrogen-bond donors (Lipinski definition) is 2. The second-order valence-electron chi connectivity index (χ2n) is 3.97. The molecular weight excluding hydrogens is 194 g/mol. The predicted octanol–water partition coefficient (Wildman–Crippen LogP) is 1.87. The molecule has 0 amide bonds. The molecule has 3 N–H and O–H groups in total. The summed E-state index contributed by atoms with van der Waals surface area (Å²) in [5.74, 6) is 2.31. The van der Waals surface area contributed by atoms with Gasteiger partial charge in [0.25, 0.3) is 0 Å². The van der Waals surface area contributed by atoms with Crippen molar-refractivity contribution in [1.82, 2.24) is 9.97 Å². The van der Waals surface area contributed by atoms with Crippen LogP contribution in [-0.2, 0) is 6.42 Å². The largest absolute Gasteiger partial charge is 0.345 e. The fraction of sp³-hybridized carbons (Fsp3) is 0.700. The van der Waals surface area contributed by atoms with E-state index in [-0.39, 0.29) is 6.04 Å². The summed E-state index contributed by atoms with van der Waals surface area (Å²) in [5.41, 5.74) is 7.00. The molecule has 0 aliphatic carbocycles. The number of imidazole rings is 1. The molecule has 1 saturated heterocycles. The molecule has 4 heteroatoms. The van der Waals surface area contributed by atoms with Gasteiger partial charge in [0.2, 0.25) is 0 Å². The molecular formula is C10H17N3S. The molecule has 1 fully saturated rings. The average molecular weight is 211 g/mol. The van der Waals surface area contributed by atoms with Crippen LogP contribution in [0.4, 0.5) is 0 Å².